The van der Waals surface area contributed by atoms with E-state index in [0.29, 0.717) is 6.61 Å². The summed E-state index contributed by atoms with van der Waals surface area (Å²) in [5.74, 6) is 0.917. The summed E-state index contributed by atoms with van der Waals surface area (Å²) < 4.78 is 5.71. The Bertz CT molecular complexity index is 496. The van der Waals surface area contributed by atoms with E-state index in [1.54, 1.807) is 0 Å². The predicted octanol–water partition coefficient (Wildman–Crippen LogP) is 3.55. The molecule has 0 saturated carbocycles. The second-order valence-corrected chi connectivity index (χ2v) is 7.52. The van der Waals surface area contributed by atoms with Gasteiger partial charge in [-0.15, -0.1) is 0 Å². The highest BCUT2D eigenvalue weighted by Crippen LogP contribution is 2.28. The third kappa shape index (κ3) is 4.22. The zero-order chi connectivity index (χ0) is 15.5. The van der Waals surface area contributed by atoms with Gasteiger partial charge in [0.25, 0.3) is 0 Å². The first-order chi connectivity index (χ1) is 9.91. The molecule has 0 radical (unpaired) electrons. The maximum Gasteiger partial charge on any atom is 0.227 e. The van der Waals surface area contributed by atoms with E-state index in [1.165, 1.54) is 0 Å². The molecule has 1 aromatic rings. The van der Waals surface area contributed by atoms with E-state index >= 15 is 0 Å². The summed E-state index contributed by atoms with van der Waals surface area (Å²) in [4.78, 5) is 12.5. The number of fused-ring (bicyclic) bond motifs is 1. The molecule has 1 amide bonds. The number of benzene rings is 1. The van der Waals surface area contributed by atoms with E-state index < -0.39 is 0 Å². The van der Waals surface area contributed by atoms with Crippen LogP contribution in [-0.2, 0) is 11.2 Å². The van der Waals surface area contributed by atoms with Crippen LogP contribution in [0.4, 0.5) is 0 Å². The minimum atomic E-state index is -0.0972. The van der Waals surface area contributed by atoms with Crippen molar-refractivity contribution in [3.63, 3.8) is 0 Å². The molecule has 1 aromatic carbocycles. The summed E-state index contributed by atoms with van der Waals surface area (Å²) in [6.07, 6.45) is 1.69. The summed E-state index contributed by atoms with van der Waals surface area (Å²) in [5.41, 5.74) is 1.17. The molecule has 2 rings (SSSR count). The molecule has 0 spiro atoms. The first-order valence-electron chi connectivity index (χ1n) is 7.49. The average Bonchev–Trinajstić information content (AvgIpc) is 2.45. The normalized spacial score (nSPS) is 19.3. The van der Waals surface area contributed by atoms with Crippen molar-refractivity contribution in [1.82, 2.24) is 5.32 Å². The van der Waals surface area contributed by atoms with Gasteiger partial charge < -0.3 is 10.1 Å². The number of carbonyl (C=O) groups excluding carboxylic acids is 1. The van der Waals surface area contributed by atoms with Crippen LogP contribution < -0.4 is 10.1 Å². The molecular weight excluding hydrogens is 330 g/mol. The number of nitrogens with one attached hydrogen (secondary N) is 1. The third-order valence-corrected chi connectivity index (χ3v) is 4.47. The maximum atomic E-state index is 12.5. The molecule has 1 N–H and O–H groups in total. The maximum absolute atomic E-state index is 12.5. The van der Waals surface area contributed by atoms with E-state index in [9.17, 15) is 4.79 Å². The molecule has 0 aliphatic carbocycles. The Labute approximate surface area is 135 Å². The van der Waals surface area contributed by atoms with E-state index in [0.717, 1.165) is 29.5 Å². The van der Waals surface area contributed by atoms with Gasteiger partial charge >= 0.3 is 0 Å². The zero-order valence-electron chi connectivity index (χ0n) is 13.0. The quantitative estimate of drug-likeness (QED) is 0.840. The summed E-state index contributed by atoms with van der Waals surface area (Å²) in [6.45, 7) is 6.95. The zero-order valence-corrected chi connectivity index (χ0v) is 14.6. The van der Waals surface area contributed by atoms with Crippen LogP contribution in [0.2, 0.25) is 0 Å². The summed E-state index contributed by atoms with van der Waals surface area (Å²) in [6, 6.07) is 8.12. The molecule has 2 unspecified atom stereocenters. The van der Waals surface area contributed by atoms with Gasteiger partial charge in [-0.1, -0.05) is 54.9 Å². The topological polar surface area (TPSA) is 38.3 Å². The minimum absolute atomic E-state index is 0.0524. The lowest BCUT2D eigenvalue weighted by atomic mass is 9.84. The number of rotatable bonds is 4. The number of amides is 1. The molecule has 2 atom stereocenters. The number of hydrogen-bond donors (Lipinski definition) is 1. The summed E-state index contributed by atoms with van der Waals surface area (Å²) in [7, 11) is 0. The van der Waals surface area contributed by atoms with Crippen LogP contribution in [-0.4, -0.2) is 23.9 Å². The van der Waals surface area contributed by atoms with Crippen molar-refractivity contribution in [2.45, 2.75) is 39.7 Å². The van der Waals surface area contributed by atoms with Gasteiger partial charge in [0.2, 0.25) is 5.91 Å². The lowest BCUT2D eigenvalue weighted by molar-refractivity contribution is -0.127. The number of carbonyl (C=O) groups is 1. The van der Waals surface area contributed by atoms with Crippen molar-refractivity contribution < 1.29 is 9.53 Å². The van der Waals surface area contributed by atoms with Crippen molar-refractivity contribution in [3.05, 3.63) is 29.8 Å². The lowest BCUT2D eigenvalue weighted by Gasteiger charge is -2.33. The van der Waals surface area contributed by atoms with Crippen LogP contribution in [0, 0.1) is 11.3 Å². The van der Waals surface area contributed by atoms with Gasteiger partial charge in [0, 0.05) is 11.4 Å². The molecule has 0 fully saturated rings. The highest BCUT2D eigenvalue weighted by Gasteiger charge is 2.31. The minimum Gasteiger partial charge on any atom is -0.492 e. The molecule has 1 aliphatic heterocycles. The number of alkyl halides is 1. The average molecular weight is 354 g/mol. The van der Waals surface area contributed by atoms with Crippen molar-refractivity contribution in [1.29, 1.82) is 0 Å². The van der Waals surface area contributed by atoms with Gasteiger partial charge in [0.05, 0.1) is 5.92 Å². The molecule has 3 nitrogen and oxygen atoms in total. The SMILES string of the molecule is CC(C)(C)C(CCBr)NC(=O)C1COc2ccccc2C1. The molecule has 0 bridgehead atoms. The van der Waals surface area contributed by atoms with E-state index in [2.05, 4.69) is 42.0 Å². The van der Waals surface area contributed by atoms with Crippen molar-refractivity contribution in [3.8, 4) is 5.75 Å². The lowest BCUT2D eigenvalue weighted by Crippen LogP contribution is -2.48. The first-order valence-corrected chi connectivity index (χ1v) is 8.61. The fourth-order valence-electron chi connectivity index (χ4n) is 2.62. The fraction of sp³-hybridized carbons (Fsp3) is 0.588. The highest BCUT2D eigenvalue weighted by atomic mass is 79.9. The Hall–Kier alpha value is -1.03. The van der Waals surface area contributed by atoms with Crippen LogP contribution in [0.15, 0.2) is 24.3 Å². The Morgan fingerprint density at radius 1 is 1.43 bits per heavy atom. The first kappa shape index (κ1) is 16.3. The Balaban J connectivity index is 2.01. The van der Waals surface area contributed by atoms with E-state index in [-0.39, 0.29) is 23.3 Å². The third-order valence-electron chi connectivity index (χ3n) is 4.01. The molecule has 1 heterocycles. The van der Waals surface area contributed by atoms with Gasteiger partial charge in [0.1, 0.15) is 12.4 Å². The molecule has 21 heavy (non-hydrogen) atoms. The smallest absolute Gasteiger partial charge is 0.227 e. The van der Waals surface area contributed by atoms with E-state index in [1.807, 2.05) is 24.3 Å². The number of para-hydroxylation sites is 1. The predicted molar refractivity (Wildman–Crippen MR) is 88.9 cm³/mol. The summed E-state index contributed by atoms with van der Waals surface area (Å²) >= 11 is 3.47. The van der Waals surface area contributed by atoms with E-state index in [4.69, 9.17) is 4.74 Å². The van der Waals surface area contributed by atoms with Crippen LogP contribution in [0.3, 0.4) is 0 Å². The number of ether oxygens (including phenoxy) is 1. The second kappa shape index (κ2) is 6.82. The second-order valence-electron chi connectivity index (χ2n) is 6.72. The largest absolute Gasteiger partial charge is 0.492 e. The van der Waals surface area contributed by atoms with Gasteiger partial charge in [0.15, 0.2) is 0 Å². The standard InChI is InChI=1S/C17H24BrNO2/c1-17(2,3)15(8-9-18)19-16(20)13-10-12-6-4-5-7-14(12)21-11-13/h4-7,13,15H,8-11H2,1-3H3,(H,19,20). The van der Waals surface area contributed by atoms with Gasteiger partial charge in [-0.25, -0.2) is 0 Å². The van der Waals surface area contributed by atoms with Crippen molar-refractivity contribution in [2.75, 3.05) is 11.9 Å². The molecule has 1 aliphatic rings. The van der Waals surface area contributed by atoms with Crippen LogP contribution in [0.5, 0.6) is 5.75 Å². The van der Waals surface area contributed by atoms with Gasteiger partial charge in [-0.05, 0) is 29.9 Å². The molecule has 0 aromatic heterocycles. The Morgan fingerprint density at radius 3 is 2.81 bits per heavy atom. The number of halogens is 1. The molecular formula is C17H24BrNO2. The van der Waals surface area contributed by atoms with Crippen LogP contribution in [0.25, 0.3) is 0 Å². The Morgan fingerprint density at radius 2 is 2.14 bits per heavy atom. The van der Waals surface area contributed by atoms with Crippen molar-refractivity contribution in [2.24, 2.45) is 11.3 Å². The van der Waals surface area contributed by atoms with Crippen LogP contribution in [0.1, 0.15) is 32.8 Å². The highest BCUT2D eigenvalue weighted by molar-refractivity contribution is 9.09. The van der Waals surface area contributed by atoms with Gasteiger partial charge in [-0.2, -0.15) is 0 Å². The van der Waals surface area contributed by atoms with Gasteiger partial charge in [-0.3, -0.25) is 4.79 Å². The number of hydrogen-bond acceptors (Lipinski definition) is 2. The molecule has 4 heteroatoms. The molecule has 0 saturated heterocycles. The molecule has 116 valence electrons. The van der Waals surface area contributed by atoms with Crippen LogP contribution >= 0.6 is 15.9 Å². The summed E-state index contributed by atoms with van der Waals surface area (Å²) in [5, 5.41) is 4.10. The Kier molecular flexibility index (Phi) is 5.31. The monoisotopic (exact) mass is 353 g/mol. The van der Waals surface area contributed by atoms with Crippen molar-refractivity contribution >= 4 is 21.8 Å². The fourth-order valence-corrected chi connectivity index (χ4v) is 3.07.